The summed E-state index contributed by atoms with van der Waals surface area (Å²) < 4.78 is 0. The van der Waals surface area contributed by atoms with Crippen molar-refractivity contribution in [2.75, 3.05) is 0 Å². The Balaban J connectivity index is 1.70. The fourth-order valence-electron chi connectivity index (χ4n) is 3.07. The van der Waals surface area contributed by atoms with Crippen LogP contribution in [0.1, 0.15) is 64.7 Å². The first kappa shape index (κ1) is 10.5. The second-order valence-corrected chi connectivity index (χ2v) is 5.59. The summed E-state index contributed by atoms with van der Waals surface area (Å²) in [5.41, 5.74) is -0.266. The zero-order chi connectivity index (χ0) is 10.0. The number of rotatable bonds is 3. The molecule has 14 heavy (non-hydrogen) atoms. The Morgan fingerprint density at radius 3 is 2.36 bits per heavy atom. The maximum atomic E-state index is 10.2. The van der Waals surface area contributed by atoms with Crippen LogP contribution in [0.2, 0.25) is 0 Å². The fourth-order valence-corrected chi connectivity index (χ4v) is 3.07. The molecule has 1 N–H and O–H groups in total. The molecule has 0 amide bonds. The molecule has 2 saturated carbocycles. The van der Waals surface area contributed by atoms with E-state index in [1.807, 2.05) is 0 Å². The minimum absolute atomic E-state index is 0.266. The van der Waals surface area contributed by atoms with Crippen molar-refractivity contribution in [1.82, 2.24) is 0 Å². The zero-order valence-electron chi connectivity index (χ0n) is 9.47. The Morgan fingerprint density at radius 1 is 1.14 bits per heavy atom. The Kier molecular flexibility index (Phi) is 3.16. The third-order valence-corrected chi connectivity index (χ3v) is 4.64. The fraction of sp³-hybridized carbons (Fsp3) is 1.00. The average Bonchev–Trinajstić information content (AvgIpc) is 2.25. The highest BCUT2D eigenvalue weighted by Crippen LogP contribution is 2.43. The van der Waals surface area contributed by atoms with Crippen LogP contribution in [0.3, 0.4) is 0 Å². The zero-order valence-corrected chi connectivity index (χ0v) is 9.47. The van der Waals surface area contributed by atoms with Crippen LogP contribution < -0.4 is 0 Å². The van der Waals surface area contributed by atoms with Gasteiger partial charge < -0.3 is 5.11 Å². The van der Waals surface area contributed by atoms with Gasteiger partial charge in [0.1, 0.15) is 0 Å². The highest BCUT2D eigenvalue weighted by atomic mass is 16.3. The van der Waals surface area contributed by atoms with E-state index in [4.69, 9.17) is 0 Å². The Bertz CT molecular complexity index is 184. The molecule has 2 unspecified atom stereocenters. The smallest absolute Gasteiger partial charge is 0.0673 e. The molecule has 0 aromatic rings. The molecule has 1 nitrogen and oxygen atoms in total. The highest BCUT2D eigenvalue weighted by Gasteiger charge is 2.41. The summed E-state index contributed by atoms with van der Waals surface area (Å²) in [6.07, 6.45) is 11.8. The van der Waals surface area contributed by atoms with Crippen LogP contribution in [-0.4, -0.2) is 10.7 Å². The van der Waals surface area contributed by atoms with E-state index >= 15 is 0 Å². The van der Waals surface area contributed by atoms with Gasteiger partial charge in [-0.3, -0.25) is 0 Å². The van der Waals surface area contributed by atoms with Crippen molar-refractivity contribution in [3.63, 3.8) is 0 Å². The van der Waals surface area contributed by atoms with Gasteiger partial charge in [0.15, 0.2) is 0 Å². The molecule has 0 radical (unpaired) electrons. The summed E-state index contributed by atoms with van der Waals surface area (Å²) in [5.74, 6) is 1.49. The molecule has 2 atom stereocenters. The second-order valence-electron chi connectivity index (χ2n) is 5.59. The highest BCUT2D eigenvalue weighted by molar-refractivity contribution is 4.93. The van der Waals surface area contributed by atoms with E-state index in [0.29, 0.717) is 5.92 Å². The minimum atomic E-state index is -0.266. The van der Waals surface area contributed by atoms with E-state index in [1.54, 1.807) is 0 Å². The predicted octanol–water partition coefficient (Wildman–Crippen LogP) is 3.51. The Labute approximate surface area is 87.9 Å². The van der Waals surface area contributed by atoms with Crippen molar-refractivity contribution in [3.05, 3.63) is 0 Å². The molecule has 2 aliphatic rings. The van der Waals surface area contributed by atoms with Crippen molar-refractivity contribution in [2.24, 2.45) is 11.8 Å². The second kappa shape index (κ2) is 4.22. The third kappa shape index (κ3) is 2.13. The van der Waals surface area contributed by atoms with Gasteiger partial charge in [0.2, 0.25) is 0 Å². The molecular formula is C13H24O. The van der Waals surface area contributed by atoms with Crippen molar-refractivity contribution in [1.29, 1.82) is 0 Å². The van der Waals surface area contributed by atoms with Gasteiger partial charge in [-0.25, -0.2) is 0 Å². The van der Waals surface area contributed by atoms with E-state index in [0.717, 1.165) is 18.8 Å². The van der Waals surface area contributed by atoms with Crippen LogP contribution in [0.5, 0.6) is 0 Å². The Morgan fingerprint density at radius 2 is 1.86 bits per heavy atom. The first-order valence-electron chi connectivity index (χ1n) is 6.43. The first-order valence-corrected chi connectivity index (χ1v) is 6.43. The van der Waals surface area contributed by atoms with Crippen LogP contribution in [-0.2, 0) is 0 Å². The van der Waals surface area contributed by atoms with Crippen LogP contribution in [0.25, 0.3) is 0 Å². The molecule has 2 fully saturated rings. The molecule has 0 aromatic heterocycles. The molecule has 2 rings (SSSR count). The largest absolute Gasteiger partial charge is 0.390 e. The molecule has 0 heterocycles. The quantitative estimate of drug-likeness (QED) is 0.732. The summed E-state index contributed by atoms with van der Waals surface area (Å²) in [7, 11) is 0. The number of hydrogen-bond donors (Lipinski definition) is 1. The summed E-state index contributed by atoms with van der Waals surface area (Å²) in [5, 5.41) is 10.2. The Hall–Kier alpha value is -0.0400. The molecule has 2 aliphatic carbocycles. The molecule has 0 spiro atoms. The standard InChI is InChI=1S/C13H24O/c1-11-7-9-13(11,14)10-8-12-5-3-2-4-6-12/h11-12,14H,2-10H2,1H3. The molecule has 0 aromatic carbocycles. The lowest BCUT2D eigenvalue weighted by Gasteiger charge is -2.44. The van der Waals surface area contributed by atoms with Gasteiger partial charge in [0.25, 0.3) is 0 Å². The van der Waals surface area contributed by atoms with Crippen LogP contribution in [0, 0.1) is 11.8 Å². The summed E-state index contributed by atoms with van der Waals surface area (Å²) in [4.78, 5) is 0. The molecule has 82 valence electrons. The molecule has 0 saturated heterocycles. The maximum Gasteiger partial charge on any atom is 0.0673 e. The maximum absolute atomic E-state index is 10.2. The van der Waals surface area contributed by atoms with Gasteiger partial charge in [-0.05, 0) is 37.5 Å². The van der Waals surface area contributed by atoms with Crippen molar-refractivity contribution < 1.29 is 5.11 Å². The van der Waals surface area contributed by atoms with Gasteiger partial charge in [0.05, 0.1) is 5.60 Å². The van der Waals surface area contributed by atoms with E-state index in [2.05, 4.69) is 6.92 Å². The van der Waals surface area contributed by atoms with Crippen molar-refractivity contribution in [3.8, 4) is 0 Å². The van der Waals surface area contributed by atoms with Crippen LogP contribution in [0.15, 0.2) is 0 Å². The molecule has 1 heteroatoms. The van der Waals surface area contributed by atoms with E-state index < -0.39 is 0 Å². The van der Waals surface area contributed by atoms with Gasteiger partial charge >= 0.3 is 0 Å². The summed E-state index contributed by atoms with van der Waals surface area (Å²) in [6.45, 7) is 2.20. The normalized spacial score (nSPS) is 39.4. The summed E-state index contributed by atoms with van der Waals surface area (Å²) in [6, 6.07) is 0. The topological polar surface area (TPSA) is 20.2 Å². The molecular weight excluding hydrogens is 172 g/mol. The monoisotopic (exact) mass is 196 g/mol. The lowest BCUT2D eigenvalue weighted by molar-refractivity contribution is -0.0960. The van der Waals surface area contributed by atoms with E-state index in [1.165, 1.54) is 44.9 Å². The van der Waals surface area contributed by atoms with E-state index in [-0.39, 0.29) is 5.60 Å². The van der Waals surface area contributed by atoms with Gasteiger partial charge in [-0.2, -0.15) is 0 Å². The number of hydrogen-bond acceptors (Lipinski definition) is 1. The van der Waals surface area contributed by atoms with Gasteiger partial charge in [0, 0.05) is 0 Å². The molecule has 0 bridgehead atoms. The lowest BCUT2D eigenvalue weighted by Crippen LogP contribution is -2.45. The summed E-state index contributed by atoms with van der Waals surface area (Å²) >= 11 is 0. The number of aliphatic hydroxyl groups is 1. The minimum Gasteiger partial charge on any atom is -0.390 e. The third-order valence-electron chi connectivity index (χ3n) is 4.64. The van der Waals surface area contributed by atoms with Crippen molar-refractivity contribution in [2.45, 2.75) is 70.3 Å². The van der Waals surface area contributed by atoms with Gasteiger partial charge in [-0.15, -0.1) is 0 Å². The van der Waals surface area contributed by atoms with Crippen LogP contribution >= 0.6 is 0 Å². The first-order chi connectivity index (χ1) is 6.71. The predicted molar refractivity (Wildman–Crippen MR) is 59.2 cm³/mol. The SMILES string of the molecule is CC1CCC1(O)CCC1CCCCC1. The van der Waals surface area contributed by atoms with Gasteiger partial charge in [-0.1, -0.05) is 39.0 Å². The lowest BCUT2D eigenvalue weighted by atomic mass is 9.67. The van der Waals surface area contributed by atoms with Crippen LogP contribution in [0.4, 0.5) is 0 Å². The average molecular weight is 196 g/mol. The van der Waals surface area contributed by atoms with Crippen molar-refractivity contribution >= 4 is 0 Å². The molecule has 0 aliphatic heterocycles. The van der Waals surface area contributed by atoms with E-state index in [9.17, 15) is 5.11 Å².